The summed E-state index contributed by atoms with van der Waals surface area (Å²) in [5.41, 5.74) is -0.322. The van der Waals surface area contributed by atoms with Crippen molar-refractivity contribution in [2.45, 2.75) is 25.3 Å². The third kappa shape index (κ3) is 3.19. The van der Waals surface area contributed by atoms with Crippen molar-refractivity contribution in [1.29, 1.82) is 5.26 Å². The van der Waals surface area contributed by atoms with Gasteiger partial charge in [-0.15, -0.1) is 0 Å². The average molecular weight is 312 g/mol. The zero-order chi connectivity index (χ0) is 16.4. The summed E-state index contributed by atoms with van der Waals surface area (Å²) in [6, 6.07) is 10.9. The summed E-state index contributed by atoms with van der Waals surface area (Å²) in [6.07, 6.45) is 1.84. The fourth-order valence-electron chi connectivity index (χ4n) is 2.49. The maximum atomic E-state index is 11.9. The molecular formula is C17H16N2O4. The molecule has 1 N–H and O–H groups in total. The van der Waals surface area contributed by atoms with E-state index in [0.29, 0.717) is 5.58 Å². The van der Waals surface area contributed by atoms with Crippen molar-refractivity contribution in [2.75, 3.05) is 6.61 Å². The molecule has 1 heterocycles. The van der Waals surface area contributed by atoms with Gasteiger partial charge in [-0.05, 0) is 37.8 Å². The third-order valence-corrected chi connectivity index (χ3v) is 3.99. The monoisotopic (exact) mass is 312 g/mol. The van der Waals surface area contributed by atoms with E-state index >= 15 is 0 Å². The highest BCUT2D eigenvalue weighted by molar-refractivity contribution is 5.93. The van der Waals surface area contributed by atoms with Crippen molar-refractivity contribution >= 4 is 22.8 Å². The second-order valence-corrected chi connectivity index (χ2v) is 5.86. The molecule has 0 saturated heterocycles. The van der Waals surface area contributed by atoms with E-state index in [1.165, 1.54) is 0 Å². The van der Waals surface area contributed by atoms with E-state index in [-0.39, 0.29) is 11.7 Å². The third-order valence-electron chi connectivity index (χ3n) is 3.99. The molecule has 1 atom stereocenters. The number of esters is 1. The van der Waals surface area contributed by atoms with E-state index in [4.69, 9.17) is 9.15 Å². The number of hydrogen-bond donors (Lipinski definition) is 1. The highest BCUT2D eigenvalue weighted by Gasteiger charge is 2.43. The van der Waals surface area contributed by atoms with Crippen LogP contribution in [0, 0.1) is 17.2 Å². The Morgan fingerprint density at radius 3 is 2.83 bits per heavy atom. The first-order valence-electron chi connectivity index (χ1n) is 7.40. The van der Waals surface area contributed by atoms with Crippen LogP contribution in [0.4, 0.5) is 0 Å². The lowest BCUT2D eigenvalue weighted by molar-refractivity contribution is -0.125. The largest absolute Gasteiger partial charge is 0.450 e. The van der Waals surface area contributed by atoms with Crippen LogP contribution in [-0.4, -0.2) is 24.0 Å². The molecule has 1 fully saturated rings. The summed E-state index contributed by atoms with van der Waals surface area (Å²) in [7, 11) is 0. The Kier molecular flexibility index (Phi) is 3.78. The lowest BCUT2D eigenvalue weighted by Crippen LogP contribution is -2.48. The topological polar surface area (TPSA) is 92.3 Å². The fraction of sp³-hybridized carbons (Fsp3) is 0.353. The SMILES string of the molecule is C[C@](C#N)(NC(=O)COC(=O)c1cc2ccccc2o1)C1CC1. The number of carbonyl (C=O) groups is 2. The highest BCUT2D eigenvalue weighted by Crippen LogP contribution is 2.39. The second kappa shape index (κ2) is 5.76. The molecule has 1 aliphatic rings. The number of amides is 1. The van der Waals surface area contributed by atoms with E-state index in [2.05, 4.69) is 11.4 Å². The molecule has 3 rings (SSSR count). The smallest absolute Gasteiger partial charge is 0.374 e. The molecule has 1 aliphatic carbocycles. The molecule has 118 valence electrons. The van der Waals surface area contributed by atoms with Crippen molar-refractivity contribution in [3.05, 3.63) is 36.1 Å². The number of nitriles is 1. The van der Waals surface area contributed by atoms with Gasteiger partial charge in [-0.1, -0.05) is 18.2 Å². The van der Waals surface area contributed by atoms with Gasteiger partial charge in [-0.3, -0.25) is 4.79 Å². The number of para-hydroxylation sites is 1. The summed E-state index contributed by atoms with van der Waals surface area (Å²) in [5.74, 6) is -0.987. The average Bonchev–Trinajstić information content (AvgIpc) is 3.32. The Hall–Kier alpha value is -2.81. The van der Waals surface area contributed by atoms with E-state index in [1.807, 2.05) is 12.1 Å². The minimum absolute atomic E-state index is 0.0456. The molecule has 0 aliphatic heterocycles. The van der Waals surface area contributed by atoms with Crippen LogP contribution in [0.5, 0.6) is 0 Å². The van der Waals surface area contributed by atoms with E-state index in [1.54, 1.807) is 25.1 Å². The molecule has 1 amide bonds. The minimum Gasteiger partial charge on any atom is -0.450 e. The number of benzene rings is 1. The van der Waals surface area contributed by atoms with Crippen LogP contribution in [0.3, 0.4) is 0 Å². The first-order valence-corrected chi connectivity index (χ1v) is 7.40. The zero-order valence-corrected chi connectivity index (χ0v) is 12.7. The van der Waals surface area contributed by atoms with Crippen LogP contribution in [0.25, 0.3) is 11.0 Å². The quantitative estimate of drug-likeness (QED) is 0.856. The van der Waals surface area contributed by atoms with E-state index < -0.39 is 24.0 Å². The summed E-state index contributed by atoms with van der Waals surface area (Å²) < 4.78 is 10.3. The van der Waals surface area contributed by atoms with Gasteiger partial charge in [-0.2, -0.15) is 5.26 Å². The number of furan rings is 1. The van der Waals surface area contributed by atoms with Crippen molar-refractivity contribution in [2.24, 2.45) is 5.92 Å². The van der Waals surface area contributed by atoms with Crippen molar-refractivity contribution in [3.63, 3.8) is 0 Å². The van der Waals surface area contributed by atoms with Gasteiger partial charge in [0.1, 0.15) is 11.1 Å². The van der Waals surface area contributed by atoms with Gasteiger partial charge in [0.25, 0.3) is 5.91 Å². The standard InChI is InChI=1S/C17H16N2O4/c1-17(10-18,12-6-7-12)19-15(20)9-22-16(21)14-8-11-4-2-3-5-13(11)23-14/h2-5,8,12H,6-7,9H2,1H3,(H,19,20)/t17-/m1/s1. The lowest BCUT2D eigenvalue weighted by Gasteiger charge is -2.22. The van der Waals surface area contributed by atoms with Gasteiger partial charge in [-0.25, -0.2) is 4.79 Å². The number of rotatable bonds is 5. The summed E-state index contributed by atoms with van der Waals surface area (Å²) in [4.78, 5) is 23.8. The van der Waals surface area contributed by atoms with Gasteiger partial charge in [0.05, 0.1) is 6.07 Å². The Morgan fingerprint density at radius 1 is 1.43 bits per heavy atom. The van der Waals surface area contributed by atoms with Crippen LogP contribution in [0.1, 0.15) is 30.3 Å². The summed E-state index contributed by atoms with van der Waals surface area (Å²) >= 11 is 0. The van der Waals surface area contributed by atoms with Gasteiger partial charge in [0.2, 0.25) is 5.76 Å². The molecule has 0 spiro atoms. The molecule has 0 unspecified atom stereocenters. The Labute approximate surface area is 133 Å². The number of nitrogens with zero attached hydrogens (tertiary/aromatic N) is 1. The summed E-state index contributed by atoms with van der Waals surface area (Å²) in [5, 5.41) is 12.6. The van der Waals surface area contributed by atoms with Gasteiger partial charge in [0, 0.05) is 5.39 Å². The molecule has 2 aromatic rings. The summed E-state index contributed by atoms with van der Waals surface area (Å²) in [6.45, 7) is 1.24. The molecular weight excluding hydrogens is 296 g/mol. The Morgan fingerprint density at radius 2 is 2.17 bits per heavy atom. The molecule has 1 aromatic carbocycles. The van der Waals surface area contributed by atoms with E-state index in [9.17, 15) is 14.9 Å². The van der Waals surface area contributed by atoms with Gasteiger partial charge >= 0.3 is 5.97 Å². The Bertz CT molecular complexity index is 767. The normalized spacial score (nSPS) is 16.3. The van der Waals surface area contributed by atoms with Crippen molar-refractivity contribution < 1.29 is 18.7 Å². The number of fused-ring (bicyclic) bond motifs is 1. The molecule has 6 nitrogen and oxygen atoms in total. The molecule has 6 heteroatoms. The number of carbonyl (C=O) groups excluding carboxylic acids is 2. The van der Waals surface area contributed by atoms with Gasteiger partial charge in [0.15, 0.2) is 6.61 Å². The van der Waals surface area contributed by atoms with Crippen LogP contribution in [0.2, 0.25) is 0 Å². The molecule has 1 saturated carbocycles. The molecule has 1 aromatic heterocycles. The predicted octanol–water partition coefficient (Wildman–Crippen LogP) is 2.40. The predicted molar refractivity (Wildman–Crippen MR) is 81.4 cm³/mol. The maximum absolute atomic E-state index is 11.9. The maximum Gasteiger partial charge on any atom is 0.374 e. The first-order chi connectivity index (χ1) is 11.0. The van der Waals surface area contributed by atoms with Crippen molar-refractivity contribution in [1.82, 2.24) is 5.32 Å². The molecule has 0 bridgehead atoms. The van der Waals surface area contributed by atoms with E-state index in [0.717, 1.165) is 18.2 Å². The zero-order valence-electron chi connectivity index (χ0n) is 12.7. The molecule has 0 radical (unpaired) electrons. The van der Waals surface area contributed by atoms with Crippen LogP contribution < -0.4 is 5.32 Å². The van der Waals surface area contributed by atoms with Gasteiger partial charge < -0.3 is 14.5 Å². The van der Waals surface area contributed by atoms with Crippen molar-refractivity contribution in [3.8, 4) is 6.07 Å². The highest BCUT2D eigenvalue weighted by atomic mass is 16.5. The fourth-order valence-corrected chi connectivity index (χ4v) is 2.49. The first kappa shape index (κ1) is 15.1. The second-order valence-electron chi connectivity index (χ2n) is 5.86. The molecule has 23 heavy (non-hydrogen) atoms. The van der Waals surface area contributed by atoms with Crippen LogP contribution >= 0.6 is 0 Å². The number of ether oxygens (including phenoxy) is 1. The number of nitrogens with one attached hydrogen (secondary N) is 1. The number of hydrogen-bond acceptors (Lipinski definition) is 5. The minimum atomic E-state index is -0.900. The lowest BCUT2D eigenvalue weighted by atomic mass is 9.98. The van der Waals surface area contributed by atoms with Crippen LogP contribution in [0.15, 0.2) is 34.7 Å². The Balaban J connectivity index is 1.58. The van der Waals surface area contributed by atoms with Crippen LogP contribution in [-0.2, 0) is 9.53 Å².